The number of aromatic nitrogens is 4. The number of nitrogens with zero attached hydrogens (tertiary/aromatic N) is 4. The van der Waals surface area contributed by atoms with Gasteiger partial charge in [-0.05, 0) is 35.9 Å². The molecule has 7 heteroatoms. The topological polar surface area (TPSA) is 64.7 Å². The largest absolute Gasteiger partial charge is 0.309 e. The Bertz CT molecular complexity index is 548. The monoisotopic (exact) mass is 373 g/mol. The molecule has 0 saturated carbocycles. The Kier molecular flexibility index (Phi) is 4.94. The minimum atomic E-state index is -0.0109. The van der Waals surface area contributed by atoms with Gasteiger partial charge in [-0.1, -0.05) is 0 Å². The molecule has 6 nitrogen and oxygen atoms in total. The smallest absolute Gasteiger partial charge is 0.225 e. The molecule has 2 rings (SSSR count). The highest BCUT2D eigenvalue weighted by Gasteiger charge is 2.05. The molecular weight excluding hydrogens is 357 g/mol. The van der Waals surface area contributed by atoms with E-state index in [2.05, 4.69) is 38.1 Å². The molecule has 0 radical (unpaired) electrons. The number of carbonyl (C=O) groups is 1. The first-order valence-electron chi connectivity index (χ1n) is 6.18. The van der Waals surface area contributed by atoms with Crippen LogP contribution in [0.2, 0.25) is 0 Å². The van der Waals surface area contributed by atoms with Gasteiger partial charge in [0.2, 0.25) is 5.91 Å². The van der Waals surface area contributed by atoms with Crippen LogP contribution >= 0.6 is 22.6 Å². The molecule has 0 aliphatic carbocycles. The summed E-state index contributed by atoms with van der Waals surface area (Å²) in [7, 11) is 0. The number of carbonyl (C=O) groups excluding carboxylic acids is 1. The van der Waals surface area contributed by atoms with Crippen LogP contribution in [0.25, 0.3) is 0 Å². The lowest BCUT2D eigenvalue weighted by Crippen LogP contribution is -2.13. The second-order valence-corrected chi connectivity index (χ2v) is 5.38. The number of rotatable bonds is 6. The van der Waals surface area contributed by atoms with Crippen LogP contribution < -0.4 is 5.32 Å². The molecule has 1 N–H and O–H groups in total. The van der Waals surface area contributed by atoms with E-state index in [0.717, 1.165) is 23.1 Å². The normalized spacial score (nSPS) is 10.6. The summed E-state index contributed by atoms with van der Waals surface area (Å²) in [6.07, 6.45) is 6.84. The van der Waals surface area contributed by atoms with Gasteiger partial charge in [-0.2, -0.15) is 10.2 Å². The van der Waals surface area contributed by atoms with Gasteiger partial charge >= 0.3 is 0 Å². The van der Waals surface area contributed by atoms with Crippen LogP contribution in [-0.2, 0) is 17.9 Å². The molecule has 2 aromatic heterocycles. The Labute approximate surface area is 125 Å². The molecular formula is C12H16IN5O. The first-order valence-corrected chi connectivity index (χ1v) is 7.26. The van der Waals surface area contributed by atoms with E-state index in [0.29, 0.717) is 12.2 Å². The Morgan fingerprint density at radius 1 is 1.47 bits per heavy atom. The lowest BCUT2D eigenvalue weighted by molar-refractivity contribution is -0.116. The van der Waals surface area contributed by atoms with Crippen molar-refractivity contribution in [3.8, 4) is 0 Å². The molecule has 0 spiro atoms. The van der Waals surface area contributed by atoms with Gasteiger partial charge in [-0.25, -0.2) is 0 Å². The summed E-state index contributed by atoms with van der Waals surface area (Å²) in [5.41, 5.74) is 0. The Morgan fingerprint density at radius 2 is 2.32 bits per heavy atom. The highest BCUT2D eigenvalue weighted by Crippen LogP contribution is 2.05. The zero-order valence-electron chi connectivity index (χ0n) is 10.7. The number of nitrogens with one attached hydrogen (secondary N) is 1. The van der Waals surface area contributed by atoms with Gasteiger partial charge in [0.25, 0.3) is 0 Å². The summed E-state index contributed by atoms with van der Waals surface area (Å²) < 4.78 is 4.73. The second-order valence-electron chi connectivity index (χ2n) is 4.13. The number of hydrogen-bond donors (Lipinski definition) is 1. The molecule has 0 aliphatic heterocycles. The molecule has 0 saturated heterocycles. The van der Waals surface area contributed by atoms with Crippen LogP contribution in [0.1, 0.15) is 19.8 Å². The van der Waals surface area contributed by atoms with Crippen molar-refractivity contribution in [3.05, 3.63) is 28.2 Å². The summed E-state index contributed by atoms with van der Waals surface area (Å²) in [6, 6.07) is 1.80. The van der Waals surface area contributed by atoms with E-state index in [9.17, 15) is 4.79 Å². The minimum absolute atomic E-state index is 0.0109. The fourth-order valence-electron chi connectivity index (χ4n) is 1.67. The zero-order chi connectivity index (χ0) is 13.7. The SMILES string of the molecule is CCn1ccc(NC(=O)CCCn2cc(I)cn2)n1. The molecule has 1 amide bonds. The van der Waals surface area contributed by atoms with Gasteiger partial charge in [0, 0.05) is 38.0 Å². The standard InChI is InChI=1S/C12H16IN5O/c1-2-17-7-5-11(16-17)15-12(19)4-3-6-18-9-10(13)8-14-18/h5,7-9H,2-4,6H2,1H3,(H,15,16,19). The molecule has 19 heavy (non-hydrogen) atoms. The van der Waals surface area contributed by atoms with Crippen molar-refractivity contribution in [3.63, 3.8) is 0 Å². The summed E-state index contributed by atoms with van der Waals surface area (Å²) in [5.74, 6) is 0.601. The van der Waals surface area contributed by atoms with E-state index >= 15 is 0 Å². The van der Waals surface area contributed by atoms with Crippen LogP contribution in [-0.4, -0.2) is 25.5 Å². The van der Waals surface area contributed by atoms with Gasteiger partial charge in [0.15, 0.2) is 5.82 Å². The minimum Gasteiger partial charge on any atom is -0.309 e. The molecule has 2 aromatic rings. The Hall–Kier alpha value is -1.38. The first kappa shape index (κ1) is 14.0. The van der Waals surface area contributed by atoms with E-state index in [4.69, 9.17) is 0 Å². The van der Waals surface area contributed by atoms with Crippen molar-refractivity contribution in [2.75, 3.05) is 5.32 Å². The van der Waals surface area contributed by atoms with Gasteiger partial charge in [0.05, 0.1) is 9.77 Å². The third kappa shape index (κ3) is 4.34. The molecule has 102 valence electrons. The van der Waals surface area contributed by atoms with Crippen molar-refractivity contribution in [2.45, 2.75) is 32.9 Å². The summed E-state index contributed by atoms with van der Waals surface area (Å²) >= 11 is 2.21. The highest BCUT2D eigenvalue weighted by molar-refractivity contribution is 14.1. The van der Waals surface area contributed by atoms with E-state index < -0.39 is 0 Å². The molecule has 0 aromatic carbocycles. The van der Waals surface area contributed by atoms with Crippen molar-refractivity contribution in [1.29, 1.82) is 0 Å². The van der Waals surface area contributed by atoms with Crippen LogP contribution in [0, 0.1) is 3.57 Å². The number of anilines is 1. The molecule has 0 unspecified atom stereocenters. The maximum absolute atomic E-state index is 11.7. The Morgan fingerprint density at radius 3 is 2.95 bits per heavy atom. The van der Waals surface area contributed by atoms with Crippen molar-refractivity contribution >= 4 is 34.3 Å². The summed E-state index contributed by atoms with van der Waals surface area (Å²) in [6.45, 7) is 3.55. The van der Waals surface area contributed by atoms with Crippen molar-refractivity contribution in [2.24, 2.45) is 0 Å². The predicted molar refractivity (Wildman–Crippen MR) is 80.7 cm³/mol. The van der Waals surface area contributed by atoms with E-state index in [1.807, 2.05) is 24.0 Å². The number of amides is 1. The average Bonchev–Trinajstić information content (AvgIpc) is 2.98. The lowest BCUT2D eigenvalue weighted by Gasteiger charge is -2.02. The third-order valence-corrected chi connectivity index (χ3v) is 3.18. The molecule has 0 atom stereocenters. The quantitative estimate of drug-likeness (QED) is 0.789. The van der Waals surface area contributed by atoms with Crippen LogP contribution in [0.4, 0.5) is 5.82 Å². The molecule has 2 heterocycles. The van der Waals surface area contributed by atoms with Gasteiger partial charge in [-0.15, -0.1) is 0 Å². The number of aryl methyl sites for hydroxylation is 2. The van der Waals surface area contributed by atoms with Crippen LogP contribution in [0.15, 0.2) is 24.7 Å². The summed E-state index contributed by atoms with van der Waals surface area (Å²) in [4.78, 5) is 11.7. The van der Waals surface area contributed by atoms with Gasteiger partial charge in [0.1, 0.15) is 0 Å². The van der Waals surface area contributed by atoms with Gasteiger partial charge in [-0.3, -0.25) is 14.2 Å². The summed E-state index contributed by atoms with van der Waals surface area (Å²) in [5, 5.41) is 11.2. The van der Waals surface area contributed by atoms with Gasteiger partial charge < -0.3 is 5.32 Å². The lowest BCUT2D eigenvalue weighted by atomic mass is 10.3. The first-order chi connectivity index (χ1) is 9.17. The number of hydrogen-bond acceptors (Lipinski definition) is 3. The van der Waals surface area contributed by atoms with Crippen molar-refractivity contribution in [1.82, 2.24) is 19.6 Å². The van der Waals surface area contributed by atoms with E-state index in [1.165, 1.54) is 0 Å². The molecule has 0 fully saturated rings. The van der Waals surface area contributed by atoms with E-state index in [1.54, 1.807) is 16.9 Å². The predicted octanol–water partition coefficient (Wildman–Crippen LogP) is 2.12. The fourth-order valence-corrected chi connectivity index (χ4v) is 2.12. The van der Waals surface area contributed by atoms with Crippen molar-refractivity contribution < 1.29 is 4.79 Å². The molecule has 0 bridgehead atoms. The average molecular weight is 373 g/mol. The molecule has 0 aliphatic rings. The fraction of sp³-hybridized carbons (Fsp3) is 0.417. The third-order valence-electron chi connectivity index (χ3n) is 2.62. The zero-order valence-corrected chi connectivity index (χ0v) is 12.9. The maximum Gasteiger partial charge on any atom is 0.225 e. The number of halogens is 1. The highest BCUT2D eigenvalue weighted by atomic mass is 127. The second kappa shape index (κ2) is 6.69. The van der Waals surface area contributed by atoms with Crippen LogP contribution in [0.5, 0.6) is 0 Å². The van der Waals surface area contributed by atoms with Crippen LogP contribution in [0.3, 0.4) is 0 Å². The van der Waals surface area contributed by atoms with E-state index in [-0.39, 0.29) is 5.91 Å². The Balaban J connectivity index is 1.72. The maximum atomic E-state index is 11.7.